The van der Waals surface area contributed by atoms with Crippen molar-refractivity contribution in [1.29, 1.82) is 0 Å². The highest BCUT2D eigenvalue weighted by Crippen LogP contribution is 2.16. The molecular formula is C15H17N5O2S. The number of aromatic nitrogens is 5. The van der Waals surface area contributed by atoms with Crippen LogP contribution in [-0.2, 0) is 13.1 Å². The Bertz CT molecular complexity index is 901. The topological polar surface area (TPSA) is 74.7 Å². The van der Waals surface area contributed by atoms with Gasteiger partial charge in [-0.2, -0.15) is 9.36 Å². The second-order valence-electron chi connectivity index (χ2n) is 5.23. The molecular weight excluding hydrogens is 314 g/mol. The lowest BCUT2D eigenvalue weighted by atomic mass is 10.1. The maximum absolute atomic E-state index is 12.5. The van der Waals surface area contributed by atoms with Crippen LogP contribution in [0.15, 0.2) is 28.4 Å². The van der Waals surface area contributed by atoms with E-state index in [0.29, 0.717) is 10.6 Å². The predicted octanol–water partition coefficient (Wildman–Crippen LogP) is 1.81. The van der Waals surface area contributed by atoms with Crippen LogP contribution in [0.3, 0.4) is 0 Å². The first kappa shape index (κ1) is 15.4. The van der Waals surface area contributed by atoms with Crippen molar-refractivity contribution in [2.75, 3.05) is 0 Å². The summed E-state index contributed by atoms with van der Waals surface area (Å²) in [5.74, 6) is -0.141. The van der Waals surface area contributed by atoms with Gasteiger partial charge in [0.05, 0.1) is 0 Å². The third-order valence-electron chi connectivity index (χ3n) is 3.84. The summed E-state index contributed by atoms with van der Waals surface area (Å²) in [6, 6.07) is 5.47. The van der Waals surface area contributed by atoms with E-state index < -0.39 is 5.69 Å². The molecule has 0 unspecified atom stereocenters. The van der Waals surface area contributed by atoms with E-state index in [2.05, 4.69) is 15.0 Å². The smallest absolute Gasteiger partial charge is 0.349 e. The maximum atomic E-state index is 12.5. The number of thiophene rings is 1. The van der Waals surface area contributed by atoms with Gasteiger partial charge >= 0.3 is 5.69 Å². The minimum absolute atomic E-state index is 0.113. The lowest BCUT2D eigenvalue weighted by Gasteiger charge is -2.05. The third kappa shape index (κ3) is 2.65. The molecule has 0 amide bonds. The van der Waals surface area contributed by atoms with Gasteiger partial charge < -0.3 is 4.57 Å². The van der Waals surface area contributed by atoms with Crippen molar-refractivity contribution < 1.29 is 4.79 Å². The van der Waals surface area contributed by atoms with Crippen molar-refractivity contribution in [1.82, 2.24) is 24.4 Å². The molecule has 0 radical (unpaired) electrons. The first-order valence-corrected chi connectivity index (χ1v) is 8.17. The highest BCUT2D eigenvalue weighted by Gasteiger charge is 2.18. The summed E-state index contributed by atoms with van der Waals surface area (Å²) in [7, 11) is 0. The zero-order valence-corrected chi connectivity index (χ0v) is 14.0. The predicted molar refractivity (Wildman–Crippen MR) is 87.4 cm³/mol. The summed E-state index contributed by atoms with van der Waals surface area (Å²) in [5, 5.41) is 10.2. The largest absolute Gasteiger partial charge is 0.369 e. The number of carbonyl (C=O) groups is 1. The first-order valence-electron chi connectivity index (χ1n) is 7.29. The molecule has 0 aromatic carbocycles. The number of carbonyl (C=O) groups excluding carboxylic acids is 1. The van der Waals surface area contributed by atoms with Gasteiger partial charge in [0.1, 0.15) is 11.5 Å². The van der Waals surface area contributed by atoms with E-state index in [-0.39, 0.29) is 12.3 Å². The highest BCUT2D eigenvalue weighted by molar-refractivity contribution is 7.12. The van der Waals surface area contributed by atoms with Crippen LogP contribution in [0.25, 0.3) is 5.00 Å². The zero-order valence-electron chi connectivity index (χ0n) is 13.2. The number of hydrogen-bond donors (Lipinski definition) is 0. The van der Waals surface area contributed by atoms with E-state index in [1.54, 1.807) is 6.07 Å². The average Bonchev–Trinajstić information content (AvgIpc) is 3.21. The quantitative estimate of drug-likeness (QED) is 0.668. The summed E-state index contributed by atoms with van der Waals surface area (Å²) in [6.45, 7) is 6.60. The van der Waals surface area contributed by atoms with Crippen molar-refractivity contribution in [3.63, 3.8) is 0 Å². The average molecular weight is 331 g/mol. The molecule has 7 nitrogen and oxygen atoms in total. The molecule has 3 aromatic rings. The Hall–Kier alpha value is -2.48. The van der Waals surface area contributed by atoms with Crippen LogP contribution in [0.5, 0.6) is 0 Å². The van der Waals surface area contributed by atoms with Gasteiger partial charge in [-0.3, -0.25) is 4.79 Å². The molecule has 0 bridgehead atoms. The second-order valence-corrected chi connectivity index (χ2v) is 6.16. The van der Waals surface area contributed by atoms with Crippen molar-refractivity contribution in [3.05, 3.63) is 51.0 Å². The van der Waals surface area contributed by atoms with Crippen LogP contribution in [0.4, 0.5) is 0 Å². The van der Waals surface area contributed by atoms with Crippen LogP contribution in [0.1, 0.15) is 28.7 Å². The normalized spacial score (nSPS) is 11.1. The molecule has 3 heterocycles. The fourth-order valence-corrected chi connectivity index (χ4v) is 3.36. The lowest BCUT2D eigenvalue weighted by molar-refractivity contribution is 0.0965. The van der Waals surface area contributed by atoms with E-state index in [1.165, 1.54) is 16.0 Å². The van der Waals surface area contributed by atoms with Gasteiger partial charge in [-0.25, -0.2) is 4.79 Å². The molecule has 0 aliphatic heterocycles. The van der Waals surface area contributed by atoms with Crippen molar-refractivity contribution in [2.45, 2.75) is 33.9 Å². The van der Waals surface area contributed by atoms with Crippen molar-refractivity contribution >= 4 is 17.1 Å². The molecule has 0 saturated heterocycles. The van der Waals surface area contributed by atoms with Crippen LogP contribution in [0.2, 0.25) is 0 Å². The van der Waals surface area contributed by atoms with Gasteiger partial charge in [-0.15, -0.1) is 11.3 Å². The van der Waals surface area contributed by atoms with Gasteiger partial charge in [0.25, 0.3) is 0 Å². The van der Waals surface area contributed by atoms with Gasteiger partial charge in [0.2, 0.25) is 0 Å². The number of aryl methyl sites for hydroxylation is 1. The Kier molecular flexibility index (Phi) is 3.99. The van der Waals surface area contributed by atoms with E-state index >= 15 is 0 Å². The lowest BCUT2D eigenvalue weighted by Crippen LogP contribution is -2.27. The molecule has 23 heavy (non-hydrogen) atoms. The van der Waals surface area contributed by atoms with E-state index in [4.69, 9.17) is 0 Å². The van der Waals surface area contributed by atoms with Gasteiger partial charge in [0.15, 0.2) is 5.78 Å². The number of ketones is 1. The Balaban J connectivity index is 1.89. The first-order chi connectivity index (χ1) is 11.0. The molecule has 0 saturated carbocycles. The van der Waals surface area contributed by atoms with Gasteiger partial charge in [-0.05, 0) is 54.8 Å². The summed E-state index contributed by atoms with van der Waals surface area (Å²) in [5.41, 5.74) is 2.16. The molecule has 120 valence electrons. The van der Waals surface area contributed by atoms with Crippen molar-refractivity contribution in [3.8, 4) is 5.00 Å². The molecule has 0 N–H and O–H groups in total. The van der Waals surface area contributed by atoms with E-state index in [0.717, 1.165) is 22.6 Å². The number of tetrazole rings is 1. The number of rotatable bonds is 5. The maximum Gasteiger partial charge on any atom is 0.369 e. The third-order valence-corrected chi connectivity index (χ3v) is 4.68. The fourth-order valence-electron chi connectivity index (χ4n) is 2.69. The van der Waals surface area contributed by atoms with Gasteiger partial charge in [0, 0.05) is 23.5 Å². The minimum Gasteiger partial charge on any atom is -0.349 e. The summed E-state index contributed by atoms with van der Waals surface area (Å²) in [6.07, 6.45) is 0. The monoisotopic (exact) mass is 331 g/mol. The molecule has 0 aliphatic rings. The van der Waals surface area contributed by atoms with Crippen LogP contribution >= 0.6 is 11.3 Å². The minimum atomic E-state index is -0.412. The molecule has 3 aromatic heterocycles. The van der Waals surface area contributed by atoms with Crippen LogP contribution in [-0.4, -0.2) is 30.1 Å². The van der Waals surface area contributed by atoms with Crippen molar-refractivity contribution in [2.24, 2.45) is 0 Å². The molecule has 0 atom stereocenters. The number of Topliss-reactive ketones (excluding diaryl/α,β-unsaturated/α-hetero) is 1. The van der Waals surface area contributed by atoms with Crippen LogP contribution < -0.4 is 5.69 Å². The zero-order chi connectivity index (χ0) is 16.6. The van der Waals surface area contributed by atoms with Gasteiger partial charge in [-0.1, -0.05) is 0 Å². The number of hydrogen-bond acceptors (Lipinski definition) is 5. The molecule has 0 fully saturated rings. The summed E-state index contributed by atoms with van der Waals surface area (Å²) >= 11 is 1.39. The highest BCUT2D eigenvalue weighted by atomic mass is 32.1. The summed E-state index contributed by atoms with van der Waals surface area (Å²) in [4.78, 5) is 24.8. The summed E-state index contributed by atoms with van der Waals surface area (Å²) < 4.78 is 4.37. The Morgan fingerprint density at radius 3 is 2.70 bits per heavy atom. The Morgan fingerprint density at radius 1 is 1.30 bits per heavy atom. The molecule has 0 aliphatic carbocycles. The molecule has 0 spiro atoms. The molecule has 3 rings (SSSR count). The number of nitrogens with zero attached hydrogens (tertiary/aromatic N) is 5. The fraction of sp³-hybridized carbons (Fsp3) is 0.333. The van der Waals surface area contributed by atoms with E-state index in [1.807, 2.05) is 38.3 Å². The second kappa shape index (κ2) is 5.96. The van der Waals surface area contributed by atoms with Crippen LogP contribution in [0, 0.1) is 13.8 Å². The SMILES string of the molecule is CCn1c(C)cc(C(=O)Cn2nnn(-c3cccs3)c2=O)c1C. The van der Waals surface area contributed by atoms with E-state index in [9.17, 15) is 9.59 Å². The standard InChI is InChI=1S/C15H17N5O2S/c1-4-18-10(2)8-12(11(18)3)13(21)9-19-15(22)20(17-16-19)14-6-5-7-23-14/h5-8H,4,9H2,1-3H3. The molecule has 8 heteroatoms. The Morgan fingerprint density at radius 2 is 2.09 bits per heavy atom. The Labute approximate surface area is 136 Å².